The monoisotopic (exact) mass is 300 g/mol. The van der Waals surface area contributed by atoms with E-state index in [0.29, 0.717) is 0 Å². The quantitative estimate of drug-likeness (QED) is 0.690. The molecular weight excluding hydrogens is 295 g/mol. The van der Waals surface area contributed by atoms with Crippen LogP contribution in [0.25, 0.3) is 0 Å². The minimum Gasteiger partial charge on any atom is -0.428 e. The molecule has 2 N–H and O–H groups in total. The molecule has 0 unspecified atom stereocenters. The van der Waals surface area contributed by atoms with Crippen molar-refractivity contribution in [2.75, 3.05) is 5.73 Å². The lowest BCUT2D eigenvalue weighted by Crippen LogP contribution is -1.99. The molecule has 0 spiro atoms. The first kappa shape index (κ1) is 13.3. The zero-order valence-corrected chi connectivity index (χ0v) is 10.7. The predicted octanol–water partition coefficient (Wildman–Crippen LogP) is 3.07. The normalized spacial score (nSPS) is 10.2. The van der Waals surface area contributed by atoms with E-state index in [0.717, 1.165) is 0 Å². The molecule has 0 radical (unpaired) electrons. The highest BCUT2D eigenvalue weighted by Gasteiger charge is 2.20. The highest BCUT2D eigenvalue weighted by molar-refractivity contribution is 6.33. The van der Waals surface area contributed by atoms with Gasteiger partial charge < -0.3 is 10.5 Å². The van der Waals surface area contributed by atoms with Gasteiger partial charge in [0.05, 0.1) is 16.1 Å². The molecule has 0 saturated heterocycles. The largest absolute Gasteiger partial charge is 0.428 e. The van der Waals surface area contributed by atoms with Crippen LogP contribution in [0.15, 0.2) is 24.4 Å². The smallest absolute Gasteiger partial charge is 0.313 e. The summed E-state index contributed by atoms with van der Waals surface area (Å²) < 4.78 is 5.28. The standard InChI is InChI=1S/C10H6Cl2N4O3/c11-5-2-1-3-7(16(17)18)8(5)19-9-6(12)4-14-10(13)15-9/h1-4H,(H2,13,14,15). The van der Waals surface area contributed by atoms with Gasteiger partial charge in [-0.15, -0.1) is 0 Å². The highest BCUT2D eigenvalue weighted by Crippen LogP contribution is 2.38. The average Bonchev–Trinajstić information content (AvgIpc) is 2.35. The third-order valence-electron chi connectivity index (χ3n) is 2.07. The molecule has 2 aromatic rings. The Morgan fingerprint density at radius 2 is 2.05 bits per heavy atom. The maximum absolute atomic E-state index is 10.9. The lowest BCUT2D eigenvalue weighted by molar-refractivity contribution is -0.385. The first-order valence-corrected chi connectivity index (χ1v) is 5.63. The number of para-hydroxylation sites is 1. The first-order valence-electron chi connectivity index (χ1n) is 4.88. The first-order chi connectivity index (χ1) is 8.99. The van der Waals surface area contributed by atoms with E-state index in [-0.39, 0.29) is 33.3 Å². The van der Waals surface area contributed by atoms with Gasteiger partial charge >= 0.3 is 5.69 Å². The molecule has 0 aliphatic carbocycles. The van der Waals surface area contributed by atoms with Crippen LogP contribution in [0.5, 0.6) is 11.6 Å². The molecule has 9 heteroatoms. The summed E-state index contributed by atoms with van der Waals surface area (Å²) in [5, 5.41) is 11.0. The number of rotatable bonds is 3. The third-order valence-corrected chi connectivity index (χ3v) is 2.63. The topological polar surface area (TPSA) is 104 Å². The molecule has 0 atom stereocenters. The molecule has 0 aliphatic heterocycles. The van der Waals surface area contributed by atoms with Crippen LogP contribution < -0.4 is 10.5 Å². The minimum atomic E-state index is -0.625. The van der Waals surface area contributed by atoms with E-state index in [1.165, 1.54) is 24.4 Å². The molecule has 19 heavy (non-hydrogen) atoms. The van der Waals surface area contributed by atoms with Crippen LogP contribution in [0.3, 0.4) is 0 Å². The van der Waals surface area contributed by atoms with E-state index in [1.807, 2.05) is 0 Å². The van der Waals surface area contributed by atoms with Gasteiger partial charge in [0.15, 0.2) is 0 Å². The number of benzene rings is 1. The van der Waals surface area contributed by atoms with Gasteiger partial charge in [-0.05, 0) is 6.07 Å². The van der Waals surface area contributed by atoms with Crippen molar-refractivity contribution in [2.24, 2.45) is 0 Å². The van der Waals surface area contributed by atoms with Crippen LogP contribution in [0.4, 0.5) is 11.6 Å². The van der Waals surface area contributed by atoms with Crippen LogP contribution in [0, 0.1) is 10.1 Å². The minimum absolute atomic E-state index is 0.0578. The fraction of sp³-hybridized carbons (Fsp3) is 0. The van der Waals surface area contributed by atoms with Crippen molar-refractivity contribution in [1.82, 2.24) is 9.97 Å². The second-order valence-electron chi connectivity index (χ2n) is 3.33. The predicted molar refractivity (Wildman–Crippen MR) is 69.6 cm³/mol. The Morgan fingerprint density at radius 1 is 1.32 bits per heavy atom. The summed E-state index contributed by atoms with van der Waals surface area (Å²) >= 11 is 11.7. The summed E-state index contributed by atoms with van der Waals surface area (Å²) in [6.07, 6.45) is 1.22. The van der Waals surface area contributed by atoms with Crippen molar-refractivity contribution in [1.29, 1.82) is 0 Å². The molecule has 1 aromatic heterocycles. The maximum atomic E-state index is 10.9. The summed E-state index contributed by atoms with van der Waals surface area (Å²) in [5.74, 6) is -0.339. The number of aromatic nitrogens is 2. The van der Waals surface area contributed by atoms with Gasteiger partial charge in [-0.3, -0.25) is 10.1 Å². The van der Waals surface area contributed by atoms with E-state index in [2.05, 4.69) is 9.97 Å². The summed E-state index contributed by atoms with van der Waals surface area (Å²) in [6.45, 7) is 0. The van der Waals surface area contributed by atoms with Gasteiger partial charge in [0.1, 0.15) is 5.02 Å². The number of nitro groups is 1. The van der Waals surface area contributed by atoms with Crippen molar-refractivity contribution in [3.05, 3.63) is 44.6 Å². The molecule has 7 nitrogen and oxygen atoms in total. The van der Waals surface area contributed by atoms with Gasteiger partial charge in [0, 0.05) is 6.07 Å². The van der Waals surface area contributed by atoms with Crippen molar-refractivity contribution in [3.63, 3.8) is 0 Å². The maximum Gasteiger partial charge on any atom is 0.313 e. The highest BCUT2D eigenvalue weighted by atomic mass is 35.5. The number of nitrogens with two attached hydrogens (primary N) is 1. The molecule has 0 amide bonds. The van der Waals surface area contributed by atoms with E-state index < -0.39 is 4.92 Å². The third kappa shape index (κ3) is 2.83. The van der Waals surface area contributed by atoms with Crippen LogP contribution in [-0.4, -0.2) is 14.9 Å². The molecule has 1 aromatic carbocycles. The van der Waals surface area contributed by atoms with Crippen LogP contribution >= 0.6 is 23.2 Å². The van der Waals surface area contributed by atoms with Gasteiger partial charge in [0.2, 0.25) is 17.6 Å². The molecular formula is C10H6Cl2N4O3. The van der Waals surface area contributed by atoms with E-state index in [4.69, 9.17) is 33.7 Å². The SMILES string of the molecule is Nc1ncc(Cl)c(Oc2c(Cl)cccc2[N+](=O)[O-])n1. The fourth-order valence-electron chi connectivity index (χ4n) is 1.27. The molecule has 0 aliphatic rings. The second-order valence-corrected chi connectivity index (χ2v) is 4.14. The Hall–Kier alpha value is -2.12. The number of anilines is 1. The van der Waals surface area contributed by atoms with Crippen molar-refractivity contribution in [3.8, 4) is 11.6 Å². The lowest BCUT2D eigenvalue weighted by atomic mass is 10.3. The molecule has 1 heterocycles. The average molecular weight is 301 g/mol. The second kappa shape index (κ2) is 5.25. The molecule has 2 rings (SSSR count). The van der Waals surface area contributed by atoms with Gasteiger partial charge in [0.25, 0.3) is 0 Å². The van der Waals surface area contributed by atoms with Crippen molar-refractivity contribution < 1.29 is 9.66 Å². The lowest BCUT2D eigenvalue weighted by Gasteiger charge is -2.08. The zero-order valence-electron chi connectivity index (χ0n) is 9.21. The Morgan fingerprint density at radius 3 is 2.74 bits per heavy atom. The fourth-order valence-corrected chi connectivity index (χ4v) is 1.61. The van der Waals surface area contributed by atoms with Crippen LogP contribution in [-0.2, 0) is 0 Å². The number of ether oxygens (including phenoxy) is 1. The molecule has 0 saturated carbocycles. The molecule has 0 fully saturated rings. The number of hydrogen-bond donors (Lipinski definition) is 1. The molecule has 98 valence electrons. The van der Waals surface area contributed by atoms with E-state index in [1.54, 1.807) is 0 Å². The Labute approximate surface area is 117 Å². The zero-order chi connectivity index (χ0) is 14.0. The van der Waals surface area contributed by atoms with Crippen molar-refractivity contribution in [2.45, 2.75) is 0 Å². The Balaban J connectivity index is 2.49. The van der Waals surface area contributed by atoms with Gasteiger partial charge in [-0.1, -0.05) is 29.3 Å². The molecule has 0 bridgehead atoms. The van der Waals surface area contributed by atoms with E-state index >= 15 is 0 Å². The number of halogens is 2. The van der Waals surface area contributed by atoms with E-state index in [9.17, 15) is 10.1 Å². The number of nitrogens with zero attached hydrogens (tertiary/aromatic N) is 3. The summed E-state index contributed by atoms with van der Waals surface area (Å²) in [4.78, 5) is 17.7. The van der Waals surface area contributed by atoms with Crippen molar-refractivity contribution >= 4 is 34.8 Å². The van der Waals surface area contributed by atoms with Crippen LogP contribution in [0.2, 0.25) is 10.0 Å². The summed E-state index contributed by atoms with van der Waals surface area (Å²) in [5.41, 5.74) is 5.08. The number of nitro benzene ring substituents is 1. The Kier molecular flexibility index (Phi) is 3.68. The summed E-state index contributed by atoms with van der Waals surface area (Å²) in [7, 11) is 0. The number of nitrogen functional groups attached to an aromatic ring is 1. The van der Waals surface area contributed by atoms with Gasteiger partial charge in [-0.25, -0.2) is 4.98 Å². The summed E-state index contributed by atoms with van der Waals surface area (Å²) in [6, 6.07) is 4.13. The van der Waals surface area contributed by atoms with Crippen LogP contribution in [0.1, 0.15) is 0 Å². The Bertz CT molecular complexity index is 651. The number of hydrogen-bond acceptors (Lipinski definition) is 6. The van der Waals surface area contributed by atoms with Gasteiger partial charge in [-0.2, -0.15) is 4.98 Å².